The molecule has 0 saturated heterocycles. The van der Waals surface area contributed by atoms with Crippen molar-refractivity contribution < 1.29 is 4.79 Å². The Balaban J connectivity index is 2.48. The number of carbonyl (C=O) groups is 1. The summed E-state index contributed by atoms with van der Waals surface area (Å²) >= 11 is 0. The molecule has 0 N–H and O–H groups in total. The molecule has 0 aromatic carbocycles. The van der Waals surface area contributed by atoms with Gasteiger partial charge in [0, 0.05) is 30.6 Å². The molecule has 0 radical (unpaired) electrons. The highest BCUT2D eigenvalue weighted by atomic mass is 16.1. The first-order valence-electron chi connectivity index (χ1n) is 5.14. The molecule has 2 rings (SSSR count). The van der Waals surface area contributed by atoms with Crippen molar-refractivity contribution in [2.75, 3.05) is 19.6 Å². The van der Waals surface area contributed by atoms with E-state index < -0.39 is 0 Å². The molecule has 2 aliphatic rings. The third-order valence-corrected chi connectivity index (χ3v) is 3.52. The molecule has 2 atom stereocenters. The lowest BCUT2D eigenvalue weighted by atomic mass is 9.74. The van der Waals surface area contributed by atoms with Gasteiger partial charge in [-0.2, -0.15) is 0 Å². The minimum atomic E-state index is 0.0947. The van der Waals surface area contributed by atoms with Crippen molar-refractivity contribution in [3.63, 3.8) is 0 Å². The molecule has 2 unspecified atom stereocenters. The number of Topliss-reactive ketones (excluding diaryl/α,β-unsaturated/α-hetero) is 1. The molecule has 0 aliphatic carbocycles. The van der Waals surface area contributed by atoms with Gasteiger partial charge in [-0.25, -0.2) is 0 Å². The molecule has 0 spiro atoms. The number of ketones is 1. The fourth-order valence-electron chi connectivity index (χ4n) is 2.47. The SMILES string of the molecule is CC(=O)C1=C(C)C2(C)C=CCN(C1)C2. The van der Waals surface area contributed by atoms with Crippen LogP contribution in [0.5, 0.6) is 0 Å². The molecule has 2 heteroatoms. The molecule has 0 fully saturated rings. The summed E-state index contributed by atoms with van der Waals surface area (Å²) in [6, 6.07) is 0. The van der Waals surface area contributed by atoms with Crippen LogP contribution in [0.25, 0.3) is 0 Å². The second kappa shape index (κ2) is 3.06. The number of rotatable bonds is 1. The second-order valence-electron chi connectivity index (χ2n) is 4.65. The van der Waals surface area contributed by atoms with E-state index in [0.29, 0.717) is 0 Å². The van der Waals surface area contributed by atoms with Gasteiger partial charge in [0.15, 0.2) is 5.78 Å². The Morgan fingerprint density at radius 2 is 2.29 bits per heavy atom. The Bertz CT molecular complexity index is 340. The van der Waals surface area contributed by atoms with Gasteiger partial charge in [0.25, 0.3) is 0 Å². The predicted molar refractivity (Wildman–Crippen MR) is 57.1 cm³/mol. The largest absolute Gasteiger partial charge is 0.295 e. The van der Waals surface area contributed by atoms with Crippen LogP contribution in [0.1, 0.15) is 20.8 Å². The molecule has 2 aliphatic heterocycles. The molecule has 2 bridgehead atoms. The summed E-state index contributed by atoms with van der Waals surface area (Å²) in [5, 5.41) is 0. The summed E-state index contributed by atoms with van der Waals surface area (Å²) in [6.45, 7) is 8.87. The third kappa shape index (κ3) is 1.34. The topological polar surface area (TPSA) is 20.3 Å². The van der Waals surface area contributed by atoms with Crippen LogP contribution in [0, 0.1) is 5.41 Å². The minimum Gasteiger partial charge on any atom is -0.295 e. The van der Waals surface area contributed by atoms with Crippen molar-refractivity contribution in [1.82, 2.24) is 4.90 Å². The van der Waals surface area contributed by atoms with Gasteiger partial charge in [-0.3, -0.25) is 9.69 Å². The zero-order valence-corrected chi connectivity index (χ0v) is 9.13. The molecule has 76 valence electrons. The fourth-order valence-corrected chi connectivity index (χ4v) is 2.47. The van der Waals surface area contributed by atoms with E-state index in [-0.39, 0.29) is 11.2 Å². The molecule has 0 aromatic heterocycles. The van der Waals surface area contributed by atoms with Crippen LogP contribution in [0.15, 0.2) is 23.3 Å². The first-order chi connectivity index (χ1) is 6.53. The summed E-state index contributed by atoms with van der Waals surface area (Å²) in [7, 11) is 0. The highest BCUT2D eigenvalue weighted by Gasteiger charge is 2.36. The normalized spacial score (nSPS) is 36.1. The summed E-state index contributed by atoms with van der Waals surface area (Å²) < 4.78 is 0. The lowest BCUT2D eigenvalue weighted by Crippen LogP contribution is -2.45. The van der Waals surface area contributed by atoms with Crippen LogP contribution >= 0.6 is 0 Å². The van der Waals surface area contributed by atoms with Crippen molar-refractivity contribution in [3.8, 4) is 0 Å². The van der Waals surface area contributed by atoms with Crippen LogP contribution in [-0.2, 0) is 4.79 Å². The second-order valence-corrected chi connectivity index (χ2v) is 4.65. The average molecular weight is 191 g/mol. The maximum Gasteiger partial charge on any atom is 0.157 e. The number of hydrogen-bond acceptors (Lipinski definition) is 2. The highest BCUT2D eigenvalue weighted by molar-refractivity contribution is 5.95. The third-order valence-electron chi connectivity index (χ3n) is 3.52. The fraction of sp³-hybridized carbons (Fsp3) is 0.583. The summed E-state index contributed by atoms with van der Waals surface area (Å²) in [4.78, 5) is 13.8. The Hall–Kier alpha value is -0.890. The van der Waals surface area contributed by atoms with Gasteiger partial charge in [-0.15, -0.1) is 0 Å². The van der Waals surface area contributed by atoms with Crippen LogP contribution in [0.4, 0.5) is 0 Å². The highest BCUT2D eigenvalue weighted by Crippen LogP contribution is 2.38. The van der Waals surface area contributed by atoms with E-state index in [1.807, 2.05) is 0 Å². The Kier molecular flexibility index (Phi) is 2.11. The number of nitrogens with zero attached hydrogens (tertiary/aromatic N) is 1. The standard InChI is InChI=1S/C12H17NO/c1-9-11(10(2)14)7-13-6-4-5-12(9,3)8-13/h4-5H,6-8H2,1-3H3. The van der Waals surface area contributed by atoms with Crippen LogP contribution in [0.2, 0.25) is 0 Å². The van der Waals surface area contributed by atoms with E-state index >= 15 is 0 Å². The molecule has 0 aromatic rings. The van der Waals surface area contributed by atoms with Gasteiger partial charge in [0.05, 0.1) is 0 Å². The lowest BCUT2D eigenvalue weighted by molar-refractivity contribution is -0.114. The number of carbonyl (C=O) groups excluding carboxylic acids is 1. The van der Waals surface area contributed by atoms with Gasteiger partial charge >= 0.3 is 0 Å². The molecule has 0 saturated carbocycles. The Morgan fingerprint density at radius 1 is 1.57 bits per heavy atom. The van der Waals surface area contributed by atoms with E-state index in [9.17, 15) is 4.79 Å². The zero-order chi connectivity index (χ0) is 10.3. The van der Waals surface area contributed by atoms with Crippen molar-refractivity contribution in [1.29, 1.82) is 0 Å². The summed E-state index contributed by atoms with van der Waals surface area (Å²) in [5.41, 5.74) is 2.37. The monoisotopic (exact) mass is 191 g/mol. The molecule has 2 heterocycles. The maximum atomic E-state index is 11.5. The smallest absolute Gasteiger partial charge is 0.157 e. The van der Waals surface area contributed by atoms with Crippen molar-refractivity contribution >= 4 is 5.78 Å². The van der Waals surface area contributed by atoms with Crippen LogP contribution in [0.3, 0.4) is 0 Å². The predicted octanol–water partition coefficient (Wildman–Crippen LogP) is 1.78. The van der Waals surface area contributed by atoms with Gasteiger partial charge in [0.1, 0.15) is 0 Å². The van der Waals surface area contributed by atoms with Crippen molar-refractivity contribution in [2.45, 2.75) is 20.8 Å². The quantitative estimate of drug-likeness (QED) is 0.589. The maximum absolute atomic E-state index is 11.5. The number of fused-ring (bicyclic) bond motifs is 2. The molecular formula is C12H17NO. The van der Waals surface area contributed by atoms with Crippen molar-refractivity contribution in [2.24, 2.45) is 5.41 Å². The van der Waals surface area contributed by atoms with E-state index in [4.69, 9.17) is 0 Å². The van der Waals surface area contributed by atoms with Crippen molar-refractivity contribution in [3.05, 3.63) is 23.3 Å². The van der Waals surface area contributed by atoms with Gasteiger partial charge in [-0.05, 0) is 13.8 Å². The first kappa shape index (κ1) is 9.66. The van der Waals surface area contributed by atoms with E-state index in [1.165, 1.54) is 5.57 Å². The van der Waals surface area contributed by atoms with Gasteiger partial charge in [0.2, 0.25) is 0 Å². The summed E-state index contributed by atoms with van der Waals surface area (Å²) in [6.07, 6.45) is 4.46. The Labute approximate surface area is 85.3 Å². The number of hydrogen-bond donors (Lipinski definition) is 0. The summed E-state index contributed by atoms with van der Waals surface area (Å²) in [5.74, 6) is 0.230. The molecule has 2 nitrogen and oxygen atoms in total. The van der Waals surface area contributed by atoms with Crippen LogP contribution < -0.4 is 0 Å². The van der Waals surface area contributed by atoms with E-state index in [1.54, 1.807) is 6.92 Å². The van der Waals surface area contributed by atoms with E-state index in [0.717, 1.165) is 25.2 Å². The molecule has 0 amide bonds. The molecule has 14 heavy (non-hydrogen) atoms. The van der Waals surface area contributed by atoms with Gasteiger partial charge < -0.3 is 0 Å². The Morgan fingerprint density at radius 3 is 2.93 bits per heavy atom. The minimum absolute atomic E-state index is 0.0947. The molecular weight excluding hydrogens is 174 g/mol. The first-order valence-corrected chi connectivity index (χ1v) is 5.14. The zero-order valence-electron chi connectivity index (χ0n) is 9.13. The van der Waals surface area contributed by atoms with Gasteiger partial charge in [-0.1, -0.05) is 24.6 Å². The van der Waals surface area contributed by atoms with Crippen LogP contribution in [-0.4, -0.2) is 30.3 Å². The lowest BCUT2D eigenvalue weighted by Gasteiger charge is -2.43. The van der Waals surface area contributed by atoms with E-state index in [2.05, 4.69) is 30.9 Å². The average Bonchev–Trinajstić information content (AvgIpc) is 2.11.